The van der Waals surface area contributed by atoms with E-state index in [-0.39, 0.29) is 5.91 Å². The molecular formula is C19H19FN2O. The van der Waals surface area contributed by atoms with Gasteiger partial charge in [-0.2, -0.15) is 0 Å². The summed E-state index contributed by atoms with van der Waals surface area (Å²) >= 11 is 0. The van der Waals surface area contributed by atoms with Crippen LogP contribution >= 0.6 is 0 Å². The van der Waals surface area contributed by atoms with E-state index in [0.29, 0.717) is 19.5 Å². The highest BCUT2D eigenvalue weighted by molar-refractivity contribution is 6.07. The maximum atomic E-state index is 13.3. The van der Waals surface area contributed by atoms with Gasteiger partial charge in [0.15, 0.2) is 6.17 Å². The lowest BCUT2D eigenvalue weighted by Gasteiger charge is -2.16. The van der Waals surface area contributed by atoms with E-state index in [1.165, 1.54) is 21.8 Å². The molecule has 1 aliphatic rings. The first-order valence-electron chi connectivity index (χ1n) is 8.14. The molecule has 4 heteroatoms. The van der Waals surface area contributed by atoms with Crippen molar-refractivity contribution >= 4 is 27.7 Å². The number of amides is 1. The van der Waals surface area contributed by atoms with E-state index in [0.717, 1.165) is 13.0 Å². The normalized spacial score (nSPS) is 18.4. The van der Waals surface area contributed by atoms with Gasteiger partial charge in [-0.15, -0.1) is 0 Å². The number of alkyl halides is 1. The molecule has 1 atom stereocenters. The van der Waals surface area contributed by atoms with Gasteiger partial charge in [0.1, 0.15) is 0 Å². The third-order valence-corrected chi connectivity index (χ3v) is 4.72. The Hall–Kier alpha value is -2.36. The third-order valence-electron chi connectivity index (χ3n) is 4.72. The molecule has 1 unspecified atom stereocenters. The number of benzene rings is 2. The van der Waals surface area contributed by atoms with Gasteiger partial charge in [-0.1, -0.05) is 36.4 Å². The van der Waals surface area contributed by atoms with Gasteiger partial charge in [-0.3, -0.25) is 4.79 Å². The number of aromatic nitrogens is 1. The van der Waals surface area contributed by atoms with E-state index < -0.39 is 6.17 Å². The molecule has 2 heterocycles. The Morgan fingerprint density at radius 1 is 0.957 bits per heavy atom. The number of likely N-dealkylation sites (tertiary alicyclic amines) is 1. The summed E-state index contributed by atoms with van der Waals surface area (Å²) in [5, 5.41) is 2.51. The Morgan fingerprint density at radius 3 is 2.13 bits per heavy atom. The first kappa shape index (κ1) is 14.2. The first-order chi connectivity index (χ1) is 11.3. The van der Waals surface area contributed by atoms with Gasteiger partial charge >= 0.3 is 0 Å². The zero-order chi connectivity index (χ0) is 15.8. The highest BCUT2D eigenvalue weighted by Crippen LogP contribution is 2.29. The quantitative estimate of drug-likeness (QED) is 0.720. The largest absolute Gasteiger partial charge is 0.340 e. The summed E-state index contributed by atoms with van der Waals surface area (Å²) in [5.41, 5.74) is 2.43. The van der Waals surface area contributed by atoms with E-state index in [1.807, 2.05) is 0 Å². The second-order valence-corrected chi connectivity index (χ2v) is 6.12. The van der Waals surface area contributed by atoms with Crippen molar-refractivity contribution in [2.75, 3.05) is 13.1 Å². The standard InChI is InChI=1S/C19H19FN2O/c20-16-10-13-21(19(16)23)11-5-12-22-17-8-3-1-6-14(17)15-7-2-4-9-18(15)22/h1-4,6-9,16H,5,10-13H2. The molecule has 0 N–H and O–H groups in total. The zero-order valence-electron chi connectivity index (χ0n) is 12.9. The molecule has 0 aliphatic carbocycles. The minimum Gasteiger partial charge on any atom is -0.340 e. The topological polar surface area (TPSA) is 25.2 Å². The summed E-state index contributed by atoms with van der Waals surface area (Å²) in [6, 6.07) is 16.8. The molecule has 1 fully saturated rings. The van der Waals surface area contributed by atoms with Gasteiger partial charge in [0.05, 0.1) is 0 Å². The first-order valence-corrected chi connectivity index (χ1v) is 8.14. The summed E-state index contributed by atoms with van der Waals surface area (Å²) in [6.07, 6.45) is -0.113. The van der Waals surface area contributed by atoms with E-state index in [9.17, 15) is 9.18 Å². The van der Waals surface area contributed by atoms with Crippen molar-refractivity contribution < 1.29 is 9.18 Å². The van der Waals surface area contributed by atoms with Crippen molar-refractivity contribution in [1.82, 2.24) is 9.47 Å². The fourth-order valence-electron chi connectivity index (χ4n) is 3.59. The van der Waals surface area contributed by atoms with Gasteiger partial charge in [-0.05, 0) is 18.6 Å². The molecule has 118 valence electrons. The molecule has 1 saturated heterocycles. The predicted octanol–water partition coefficient (Wildman–Crippen LogP) is 3.76. The predicted molar refractivity (Wildman–Crippen MR) is 90.2 cm³/mol. The molecule has 0 spiro atoms. The minimum absolute atomic E-state index is 0.341. The Labute approximate surface area is 134 Å². The van der Waals surface area contributed by atoms with Crippen LogP contribution < -0.4 is 0 Å². The maximum absolute atomic E-state index is 13.3. The van der Waals surface area contributed by atoms with E-state index in [2.05, 4.69) is 53.1 Å². The van der Waals surface area contributed by atoms with Crippen LogP contribution in [-0.4, -0.2) is 34.6 Å². The summed E-state index contributed by atoms with van der Waals surface area (Å²) < 4.78 is 15.6. The molecule has 4 rings (SSSR count). The van der Waals surface area contributed by atoms with Crippen molar-refractivity contribution in [3.8, 4) is 0 Å². The number of aryl methyl sites for hydroxylation is 1. The van der Waals surface area contributed by atoms with Gasteiger partial charge in [0.2, 0.25) is 0 Å². The lowest BCUT2D eigenvalue weighted by Crippen LogP contribution is -2.29. The molecule has 1 aromatic heterocycles. The highest BCUT2D eigenvalue weighted by atomic mass is 19.1. The number of hydrogen-bond acceptors (Lipinski definition) is 1. The summed E-state index contributed by atoms with van der Waals surface area (Å²) in [4.78, 5) is 13.3. The molecule has 1 amide bonds. The Bertz CT molecular complexity index is 817. The van der Waals surface area contributed by atoms with Crippen molar-refractivity contribution in [2.24, 2.45) is 0 Å². The van der Waals surface area contributed by atoms with Crippen LogP contribution in [0, 0.1) is 0 Å². The van der Waals surface area contributed by atoms with Crippen LogP contribution in [-0.2, 0) is 11.3 Å². The second kappa shape index (κ2) is 5.69. The number of hydrogen-bond donors (Lipinski definition) is 0. The van der Waals surface area contributed by atoms with Crippen LogP contribution in [0.4, 0.5) is 4.39 Å². The van der Waals surface area contributed by atoms with Crippen LogP contribution in [0.3, 0.4) is 0 Å². The number of rotatable bonds is 4. The average molecular weight is 310 g/mol. The molecule has 23 heavy (non-hydrogen) atoms. The minimum atomic E-state index is -1.29. The molecule has 0 bridgehead atoms. The summed E-state index contributed by atoms with van der Waals surface area (Å²) in [7, 11) is 0. The molecule has 0 saturated carbocycles. The Kier molecular flexibility index (Phi) is 3.52. The number of carbonyl (C=O) groups excluding carboxylic acids is 1. The lowest BCUT2D eigenvalue weighted by atomic mass is 10.2. The number of fused-ring (bicyclic) bond motifs is 3. The lowest BCUT2D eigenvalue weighted by molar-refractivity contribution is -0.131. The van der Waals surface area contributed by atoms with Crippen molar-refractivity contribution in [1.29, 1.82) is 0 Å². The summed E-state index contributed by atoms with van der Waals surface area (Å²) in [5.74, 6) is -0.341. The number of nitrogens with zero attached hydrogens (tertiary/aromatic N) is 2. The maximum Gasteiger partial charge on any atom is 0.257 e. The van der Waals surface area contributed by atoms with Crippen molar-refractivity contribution in [3.63, 3.8) is 0 Å². The SMILES string of the molecule is O=C1C(F)CCN1CCCn1c2ccccc2c2ccccc21. The van der Waals surface area contributed by atoms with Gasteiger partial charge in [-0.25, -0.2) is 4.39 Å². The molecular weight excluding hydrogens is 291 g/mol. The monoisotopic (exact) mass is 310 g/mol. The van der Waals surface area contributed by atoms with Gasteiger partial charge < -0.3 is 9.47 Å². The van der Waals surface area contributed by atoms with Crippen molar-refractivity contribution in [3.05, 3.63) is 48.5 Å². The Balaban J connectivity index is 1.59. The third kappa shape index (κ3) is 2.38. The van der Waals surface area contributed by atoms with Crippen LogP contribution in [0.5, 0.6) is 0 Å². The van der Waals surface area contributed by atoms with E-state index in [1.54, 1.807) is 4.90 Å². The zero-order valence-corrected chi connectivity index (χ0v) is 12.9. The summed E-state index contributed by atoms with van der Waals surface area (Å²) in [6.45, 7) is 2.00. The fourth-order valence-corrected chi connectivity index (χ4v) is 3.59. The second-order valence-electron chi connectivity index (χ2n) is 6.12. The number of para-hydroxylation sites is 2. The van der Waals surface area contributed by atoms with Gasteiger partial charge in [0, 0.05) is 47.9 Å². The fraction of sp³-hybridized carbons (Fsp3) is 0.316. The molecule has 3 nitrogen and oxygen atoms in total. The van der Waals surface area contributed by atoms with E-state index in [4.69, 9.17) is 0 Å². The molecule has 3 aromatic rings. The van der Waals surface area contributed by atoms with Crippen LogP contribution in [0.2, 0.25) is 0 Å². The molecule has 2 aromatic carbocycles. The van der Waals surface area contributed by atoms with Crippen LogP contribution in [0.15, 0.2) is 48.5 Å². The van der Waals surface area contributed by atoms with Crippen LogP contribution in [0.25, 0.3) is 21.8 Å². The average Bonchev–Trinajstić information content (AvgIpc) is 3.08. The van der Waals surface area contributed by atoms with Gasteiger partial charge in [0.25, 0.3) is 5.91 Å². The van der Waals surface area contributed by atoms with Crippen LogP contribution in [0.1, 0.15) is 12.8 Å². The highest BCUT2D eigenvalue weighted by Gasteiger charge is 2.30. The smallest absolute Gasteiger partial charge is 0.257 e. The molecule has 1 aliphatic heterocycles. The van der Waals surface area contributed by atoms with E-state index >= 15 is 0 Å². The number of carbonyl (C=O) groups is 1. The molecule has 0 radical (unpaired) electrons. The number of halogens is 1. The van der Waals surface area contributed by atoms with Crippen molar-refractivity contribution in [2.45, 2.75) is 25.6 Å². The Morgan fingerprint density at radius 2 is 1.57 bits per heavy atom.